The molecular weight excluding hydrogens is 292 g/mol. The van der Waals surface area contributed by atoms with Crippen molar-refractivity contribution < 1.29 is 9.69 Å². The molecule has 0 saturated carbocycles. The molecule has 2 rings (SSSR count). The van der Waals surface area contributed by atoms with E-state index in [2.05, 4.69) is 28.2 Å². The lowest BCUT2D eigenvalue weighted by molar-refractivity contribution is -0.909. The van der Waals surface area contributed by atoms with Gasteiger partial charge < -0.3 is 10.2 Å². The van der Waals surface area contributed by atoms with Gasteiger partial charge in [-0.2, -0.15) is 0 Å². The summed E-state index contributed by atoms with van der Waals surface area (Å²) < 4.78 is 0.997. The third kappa shape index (κ3) is 3.33. The maximum absolute atomic E-state index is 12.0. The molecule has 2 atom stereocenters. The van der Waals surface area contributed by atoms with E-state index >= 15 is 0 Å². The van der Waals surface area contributed by atoms with Crippen LogP contribution in [0.15, 0.2) is 28.7 Å². The number of hydrogen-bond acceptors (Lipinski definition) is 1. The summed E-state index contributed by atoms with van der Waals surface area (Å²) in [6, 6.07) is 8.08. The Balaban J connectivity index is 1.86. The molecular formula is C14H20BrN2O+. The molecule has 3 nitrogen and oxygen atoms in total. The first-order valence-electron chi connectivity index (χ1n) is 6.59. The van der Waals surface area contributed by atoms with E-state index in [-0.39, 0.29) is 5.91 Å². The molecule has 1 amide bonds. The van der Waals surface area contributed by atoms with Gasteiger partial charge in [-0.15, -0.1) is 0 Å². The minimum atomic E-state index is 0.0323. The highest BCUT2D eigenvalue weighted by Gasteiger charge is 2.27. The van der Waals surface area contributed by atoms with Crippen LogP contribution in [-0.2, 0) is 0 Å². The molecule has 18 heavy (non-hydrogen) atoms. The molecule has 1 aromatic rings. The minimum absolute atomic E-state index is 0.0323. The summed E-state index contributed by atoms with van der Waals surface area (Å²) in [5, 5.41) is 3.05. The Morgan fingerprint density at radius 1 is 1.44 bits per heavy atom. The van der Waals surface area contributed by atoms with Gasteiger partial charge >= 0.3 is 0 Å². The molecule has 0 radical (unpaired) electrons. The largest absolute Gasteiger partial charge is 0.346 e. The number of nitrogens with one attached hydrogen (secondary N) is 2. The number of amides is 1. The third-order valence-corrected chi connectivity index (χ3v) is 4.23. The van der Waals surface area contributed by atoms with Gasteiger partial charge in [0.05, 0.1) is 19.6 Å². The van der Waals surface area contributed by atoms with Crippen LogP contribution < -0.4 is 10.2 Å². The number of hydrogen-bond donors (Lipinski definition) is 2. The van der Waals surface area contributed by atoms with E-state index < -0.39 is 0 Å². The molecule has 1 aliphatic heterocycles. The summed E-state index contributed by atoms with van der Waals surface area (Å²) >= 11 is 3.37. The molecule has 1 aliphatic rings. The Morgan fingerprint density at radius 2 is 2.17 bits per heavy atom. The number of benzene rings is 1. The van der Waals surface area contributed by atoms with Gasteiger partial charge in [-0.3, -0.25) is 4.79 Å². The van der Waals surface area contributed by atoms with Crippen LogP contribution in [0.4, 0.5) is 0 Å². The van der Waals surface area contributed by atoms with Gasteiger partial charge in [0.15, 0.2) is 0 Å². The summed E-state index contributed by atoms with van der Waals surface area (Å²) in [5.41, 5.74) is 0.731. The highest BCUT2D eigenvalue weighted by Crippen LogP contribution is 2.10. The van der Waals surface area contributed by atoms with Crippen molar-refractivity contribution in [2.75, 3.05) is 19.6 Å². The SMILES string of the molecule is CC[NH+]1CCC[C@@H]1CNC(=O)c1ccc(Br)cc1. The molecule has 1 fully saturated rings. The molecule has 1 saturated heterocycles. The lowest BCUT2D eigenvalue weighted by Gasteiger charge is -2.20. The van der Waals surface area contributed by atoms with Gasteiger partial charge in [0.25, 0.3) is 5.91 Å². The summed E-state index contributed by atoms with van der Waals surface area (Å²) in [4.78, 5) is 13.6. The van der Waals surface area contributed by atoms with Crippen molar-refractivity contribution in [3.05, 3.63) is 34.3 Å². The average molecular weight is 312 g/mol. The van der Waals surface area contributed by atoms with E-state index in [9.17, 15) is 4.79 Å². The van der Waals surface area contributed by atoms with Crippen molar-refractivity contribution in [3.8, 4) is 0 Å². The summed E-state index contributed by atoms with van der Waals surface area (Å²) in [6.45, 7) is 5.40. The standard InChI is InChI=1S/C14H19BrN2O/c1-2-17-9-3-4-13(17)10-16-14(18)11-5-7-12(15)8-6-11/h5-8,13H,2-4,9-10H2,1H3,(H,16,18)/p+1/t13-/m1/s1. The van der Waals surface area contributed by atoms with Crippen LogP contribution in [0.1, 0.15) is 30.1 Å². The molecule has 1 unspecified atom stereocenters. The fourth-order valence-corrected chi connectivity index (χ4v) is 2.88. The molecule has 0 spiro atoms. The van der Waals surface area contributed by atoms with Crippen molar-refractivity contribution in [1.29, 1.82) is 0 Å². The Hall–Kier alpha value is -0.870. The van der Waals surface area contributed by atoms with Crippen LogP contribution in [0.5, 0.6) is 0 Å². The number of likely N-dealkylation sites (N-methyl/N-ethyl adjacent to an activating group) is 1. The van der Waals surface area contributed by atoms with Crippen molar-refractivity contribution in [2.45, 2.75) is 25.8 Å². The number of halogens is 1. The van der Waals surface area contributed by atoms with Crippen LogP contribution in [0.2, 0.25) is 0 Å². The van der Waals surface area contributed by atoms with E-state index in [4.69, 9.17) is 0 Å². The molecule has 1 aromatic carbocycles. The second-order valence-electron chi connectivity index (χ2n) is 4.82. The first-order chi connectivity index (χ1) is 8.70. The number of likely N-dealkylation sites (tertiary alicyclic amines) is 1. The molecule has 0 bridgehead atoms. The monoisotopic (exact) mass is 311 g/mol. The first kappa shape index (κ1) is 13.6. The van der Waals surface area contributed by atoms with Gasteiger partial charge in [-0.05, 0) is 31.2 Å². The fourth-order valence-electron chi connectivity index (χ4n) is 2.61. The first-order valence-corrected chi connectivity index (χ1v) is 7.38. The zero-order valence-corrected chi connectivity index (χ0v) is 12.3. The van der Waals surface area contributed by atoms with Crippen molar-refractivity contribution in [2.24, 2.45) is 0 Å². The van der Waals surface area contributed by atoms with Gasteiger partial charge in [-0.1, -0.05) is 15.9 Å². The van der Waals surface area contributed by atoms with Crippen LogP contribution in [0.25, 0.3) is 0 Å². The molecule has 0 aromatic heterocycles. The Labute approximate surface area is 117 Å². The highest BCUT2D eigenvalue weighted by molar-refractivity contribution is 9.10. The van der Waals surface area contributed by atoms with Gasteiger partial charge in [0, 0.05) is 22.9 Å². The maximum atomic E-state index is 12.0. The quantitative estimate of drug-likeness (QED) is 0.862. The van der Waals surface area contributed by atoms with E-state index in [1.807, 2.05) is 24.3 Å². The normalized spacial score (nSPS) is 23.0. The highest BCUT2D eigenvalue weighted by atomic mass is 79.9. The van der Waals surface area contributed by atoms with Crippen molar-refractivity contribution in [3.63, 3.8) is 0 Å². The van der Waals surface area contributed by atoms with Crippen molar-refractivity contribution in [1.82, 2.24) is 5.32 Å². The summed E-state index contributed by atoms with van der Waals surface area (Å²) in [6.07, 6.45) is 2.51. The average Bonchev–Trinajstić information content (AvgIpc) is 2.84. The summed E-state index contributed by atoms with van der Waals surface area (Å²) in [5.74, 6) is 0.0323. The predicted octanol–water partition coefficient (Wildman–Crippen LogP) is 1.25. The van der Waals surface area contributed by atoms with Crippen LogP contribution in [-0.4, -0.2) is 31.6 Å². The Kier molecular flexibility index (Phi) is 4.78. The van der Waals surface area contributed by atoms with Crippen LogP contribution >= 0.6 is 15.9 Å². The van der Waals surface area contributed by atoms with E-state index in [0.717, 1.165) is 23.1 Å². The van der Waals surface area contributed by atoms with Gasteiger partial charge in [0.2, 0.25) is 0 Å². The molecule has 1 heterocycles. The second kappa shape index (κ2) is 6.34. The van der Waals surface area contributed by atoms with Crippen LogP contribution in [0.3, 0.4) is 0 Å². The summed E-state index contributed by atoms with van der Waals surface area (Å²) in [7, 11) is 0. The molecule has 4 heteroatoms. The molecule has 0 aliphatic carbocycles. The lowest BCUT2D eigenvalue weighted by atomic mass is 10.2. The van der Waals surface area contributed by atoms with E-state index in [1.54, 1.807) is 4.90 Å². The fraction of sp³-hybridized carbons (Fsp3) is 0.500. The van der Waals surface area contributed by atoms with E-state index in [1.165, 1.54) is 19.4 Å². The minimum Gasteiger partial charge on any atom is -0.346 e. The maximum Gasteiger partial charge on any atom is 0.251 e. The predicted molar refractivity (Wildman–Crippen MR) is 75.9 cm³/mol. The Morgan fingerprint density at radius 3 is 2.83 bits per heavy atom. The van der Waals surface area contributed by atoms with E-state index in [0.29, 0.717) is 6.04 Å². The molecule has 98 valence electrons. The topological polar surface area (TPSA) is 33.5 Å². The number of carbonyl (C=O) groups excluding carboxylic acids is 1. The zero-order chi connectivity index (χ0) is 13.0. The second-order valence-corrected chi connectivity index (χ2v) is 5.73. The number of carbonyl (C=O) groups is 1. The van der Waals surface area contributed by atoms with Gasteiger partial charge in [-0.25, -0.2) is 0 Å². The van der Waals surface area contributed by atoms with Gasteiger partial charge in [0.1, 0.15) is 6.04 Å². The third-order valence-electron chi connectivity index (χ3n) is 3.70. The number of quaternary nitrogens is 1. The van der Waals surface area contributed by atoms with Crippen LogP contribution in [0, 0.1) is 0 Å². The number of rotatable bonds is 4. The molecule has 2 N–H and O–H groups in total. The smallest absolute Gasteiger partial charge is 0.251 e. The zero-order valence-electron chi connectivity index (χ0n) is 10.7. The lowest BCUT2D eigenvalue weighted by Crippen LogP contribution is -3.14. The van der Waals surface area contributed by atoms with Crippen molar-refractivity contribution >= 4 is 21.8 Å². The Bertz CT molecular complexity index is 405.